The Bertz CT molecular complexity index is 283. The van der Waals surface area contributed by atoms with Crippen LogP contribution in [0, 0.1) is 11.8 Å². The molecule has 0 amide bonds. The fraction of sp³-hybridized carbons (Fsp3) is 0.333. The topological polar surface area (TPSA) is 20.2 Å². The normalized spacial score (nSPS) is 22.8. The molecule has 0 aromatic heterocycles. The van der Waals surface area contributed by atoms with Crippen LogP contribution in [0.25, 0.3) is 0 Å². The summed E-state index contributed by atoms with van der Waals surface area (Å²) >= 11 is 3.17. The molecule has 1 aliphatic rings. The van der Waals surface area contributed by atoms with Gasteiger partial charge in [-0.15, -0.1) is 0 Å². The minimum absolute atomic E-state index is 0.257. The van der Waals surface area contributed by atoms with E-state index in [1.54, 1.807) is 6.08 Å². The second kappa shape index (κ2) is 4.44. The van der Waals surface area contributed by atoms with Crippen molar-refractivity contribution in [1.82, 2.24) is 0 Å². The lowest BCUT2D eigenvalue weighted by Crippen LogP contribution is -1.97. The van der Waals surface area contributed by atoms with Crippen LogP contribution in [0.1, 0.15) is 6.42 Å². The largest absolute Gasteiger partial charge is 0.392 e. The van der Waals surface area contributed by atoms with Crippen molar-refractivity contribution in [2.45, 2.75) is 11.2 Å². The summed E-state index contributed by atoms with van der Waals surface area (Å²) in [5, 5.41) is 8.75. The van der Waals surface area contributed by atoms with Gasteiger partial charge in [-0.1, -0.05) is 33.8 Å². The molecule has 0 aliphatic heterocycles. The number of hydrogen-bond acceptors (Lipinski definition) is 1. The first-order chi connectivity index (χ1) is 5.74. The van der Waals surface area contributed by atoms with Crippen LogP contribution in [-0.2, 0) is 0 Å². The Kier molecular flexibility index (Phi) is 3.51. The molecule has 1 unspecified atom stereocenters. The van der Waals surface area contributed by atoms with Gasteiger partial charge in [-0.3, -0.25) is 0 Å². The first kappa shape index (κ1) is 9.50. The lowest BCUT2D eigenvalue weighted by atomic mass is 10.1. The molecule has 64 valence electrons. The zero-order valence-corrected chi connectivity index (χ0v) is 7.94. The van der Waals surface area contributed by atoms with Crippen LogP contribution in [-0.4, -0.2) is 16.5 Å². The molecule has 0 heterocycles. The summed E-state index contributed by atoms with van der Waals surface area (Å²) in [7, 11) is 0. The van der Waals surface area contributed by atoms with Crippen LogP contribution in [0.2, 0.25) is 0 Å². The fourth-order valence-corrected chi connectivity index (χ4v) is 1.24. The highest BCUT2D eigenvalue weighted by Gasteiger charge is 2.06. The molecule has 0 bridgehead atoms. The lowest BCUT2D eigenvalue weighted by Gasteiger charge is -2.03. The highest BCUT2D eigenvalue weighted by molar-refractivity contribution is 9.09. The fourth-order valence-electron chi connectivity index (χ4n) is 0.845. The third-order valence-electron chi connectivity index (χ3n) is 1.46. The van der Waals surface area contributed by atoms with E-state index in [2.05, 4.69) is 27.8 Å². The maximum atomic E-state index is 13.1. The molecule has 0 aromatic carbocycles. The van der Waals surface area contributed by atoms with Gasteiger partial charge < -0.3 is 5.11 Å². The third kappa shape index (κ3) is 2.47. The van der Waals surface area contributed by atoms with Crippen LogP contribution < -0.4 is 0 Å². The van der Waals surface area contributed by atoms with Gasteiger partial charge in [0.05, 0.1) is 11.4 Å². The number of hydrogen-bond donors (Lipinski definition) is 1. The van der Waals surface area contributed by atoms with E-state index in [1.165, 1.54) is 6.08 Å². The summed E-state index contributed by atoms with van der Waals surface area (Å²) in [6.45, 7) is -0.274. The van der Waals surface area contributed by atoms with E-state index in [9.17, 15) is 4.39 Å². The first-order valence-electron chi connectivity index (χ1n) is 3.54. The summed E-state index contributed by atoms with van der Waals surface area (Å²) in [5.41, 5.74) is 0.313. The Balaban J connectivity index is 2.92. The van der Waals surface area contributed by atoms with Gasteiger partial charge in [0.25, 0.3) is 0 Å². The maximum absolute atomic E-state index is 13.1. The molecule has 0 aromatic rings. The predicted molar refractivity (Wildman–Crippen MR) is 49.5 cm³/mol. The van der Waals surface area contributed by atoms with E-state index in [-0.39, 0.29) is 11.4 Å². The number of aliphatic hydroxyl groups excluding tert-OH is 1. The van der Waals surface area contributed by atoms with Crippen LogP contribution in [0.3, 0.4) is 0 Å². The smallest absolute Gasteiger partial charge is 0.126 e. The van der Waals surface area contributed by atoms with Gasteiger partial charge in [0, 0.05) is 12.0 Å². The van der Waals surface area contributed by atoms with Crippen LogP contribution in [0.15, 0.2) is 23.6 Å². The predicted octanol–water partition coefficient (Wildman–Crippen LogP) is 1.93. The van der Waals surface area contributed by atoms with Crippen molar-refractivity contribution in [2.24, 2.45) is 0 Å². The molecule has 0 fully saturated rings. The van der Waals surface area contributed by atoms with Crippen molar-refractivity contribution in [3.8, 4) is 11.8 Å². The van der Waals surface area contributed by atoms with Crippen molar-refractivity contribution >= 4 is 15.9 Å². The number of aliphatic hydroxyl groups is 1. The monoisotopic (exact) mass is 230 g/mol. The first-order valence-corrected chi connectivity index (χ1v) is 4.45. The van der Waals surface area contributed by atoms with Gasteiger partial charge in [0.1, 0.15) is 5.83 Å². The molecular weight excluding hydrogens is 223 g/mol. The lowest BCUT2D eigenvalue weighted by molar-refractivity contribution is 0.327. The molecule has 1 atom stereocenters. The molecule has 0 radical (unpaired) electrons. The zero-order chi connectivity index (χ0) is 8.97. The van der Waals surface area contributed by atoms with Gasteiger partial charge >= 0.3 is 0 Å². The molecule has 3 heteroatoms. The van der Waals surface area contributed by atoms with Gasteiger partial charge in [-0.25, -0.2) is 4.39 Å². The quantitative estimate of drug-likeness (QED) is 0.540. The molecule has 1 aliphatic carbocycles. The summed E-state index contributed by atoms with van der Waals surface area (Å²) in [6.07, 6.45) is 3.42. The number of allylic oxidation sites excluding steroid dienone is 2. The second-order valence-corrected chi connectivity index (χ2v) is 3.32. The number of rotatable bonds is 1. The average molecular weight is 231 g/mol. The third-order valence-corrected chi connectivity index (χ3v) is 1.95. The Morgan fingerprint density at radius 2 is 2.50 bits per heavy atom. The highest BCUT2D eigenvalue weighted by Crippen LogP contribution is 2.16. The van der Waals surface area contributed by atoms with E-state index < -0.39 is 5.83 Å². The molecule has 0 saturated heterocycles. The summed E-state index contributed by atoms with van der Waals surface area (Å²) in [5.74, 6) is 5.21. The summed E-state index contributed by atoms with van der Waals surface area (Å²) < 4.78 is 13.1. The highest BCUT2D eigenvalue weighted by atomic mass is 79.9. The Labute approximate surface area is 79.1 Å². The maximum Gasteiger partial charge on any atom is 0.126 e. The van der Waals surface area contributed by atoms with Crippen molar-refractivity contribution in [3.63, 3.8) is 0 Å². The van der Waals surface area contributed by atoms with Gasteiger partial charge in [0.15, 0.2) is 0 Å². The molecule has 1 nitrogen and oxygen atoms in total. The van der Waals surface area contributed by atoms with E-state index >= 15 is 0 Å². The van der Waals surface area contributed by atoms with E-state index in [4.69, 9.17) is 5.11 Å². The molecule has 12 heavy (non-hydrogen) atoms. The Morgan fingerprint density at radius 1 is 1.75 bits per heavy atom. The second-order valence-electron chi connectivity index (χ2n) is 2.33. The van der Waals surface area contributed by atoms with E-state index in [0.29, 0.717) is 12.0 Å². The minimum atomic E-state index is -0.395. The molecule has 1 rings (SSSR count). The van der Waals surface area contributed by atoms with Gasteiger partial charge in [-0.05, 0) is 6.08 Å². The average Bonchev–Trinajstić information content (AvgIpc) is 2.01. The minimum Gasteiger partial charge on any atom is -0.392 e. The number of halogens is 2. The zero-order valence-electron chi connectivity index (χ0n) is 6.35. The van der Waals surface area contributed by atoms with Crippen LogP contribution in [0.4, 0.5) is 4.39 Å². The van der Waals surface area contributed by atoms with Crippen molar-refractivity contribution in [3.05, 3.63) is 23.6 Å². The van der Waals surface area contributed by atoms with E-state index in [1.807, 2.05) is 0 Å². The van der Waals surface area contributed by atoms with Crippen molar-refractivity contribution in [1.29, 1.82) is 0 Å². The SMILES string of the molecule is OCC1=CCC#CC(Br)C=C1F. The molecular formula is C9H8BrFO. The molecule has 1 N–H and O–H groups in total. The summed E-state index contributed by atoms with van der Waals surface area (Å²) in [4.78, 5) is -0.257. The Morgan fingerprint density at radius 3 is 3.17 bits per heavy atom. The van der Waals surface area contributed by atoms with Crippen molar-refractivity contribution in [2.75, 3.05) is 6.61 Å². The van der Waals surface area contributed by atoms with E-state index in [0.717, 1.165) is 0 Å². The summed E-state index contributed by atoms with van der Waals surface area (Å²) in [6, 6.07) is 0. The van der Waals surface area contributed by atoms with Crippen molar-refractivity contribution < 1.29 is 9.50 Å². The van der Waals surface area contributed by atoms with Gasteiger partial charge in [-0.2, -0.15) is 0 Å². The standard InChI is InChI=1S/C9H8BrFO/c10-8-4-2-1-3-7(6-12)9(11)5-8/h3,5,8,12H,1,6H2. The number of alkyl halides is 1. The molecule has 0 saturated carbocycles. The Hall–Kier alpha value is -0.590. The van der Waals surface area contributed by atoms with Gasteiger partial charge in [0.2, 0.25) is 0 Å². The molecule has 0 spiro atoms. The van der Waals surface area contributed by atoms with Crippen LogP contribution >= 0.6 is 15.9 Å². The van der Waals surface area contributed by atoms with Crippen LogP contribution in [0.5, 0.6) is 0 Å².